The molecule has 0 bridgehead atoms. The Morgan fingerprint density at radius 1 is 1.40 bits per heavy atom. The van der Waals surface area contributed by atoms with Gasteiger partial charge >= 0.3 is 0 Å². The number of Topliss-reactive ketones (excluding diaryl/α,β-unsaturated/α-hetero) is 1. The number of nitrogen functional groups attached to an aromatic ring is 1. The van der Waals surface area contributed by atoms with Crippen LogP contribution in [-0.2, 0) is 4.79 Å². The summed E-state index contributed by atoms with van der Waals surface area (Å²) in [4.78, 5) is 14.8. The molecule has 0 atom stereocenters. The molecule has 0 saturated carbocycles. The van der Waals surface area contributed by atoms with Crippen molar-refractivity contribution < 1.29 is 10.0 Å². The third-order valence-corrected chi connectivity index (χ3v) is 1.70. The Morgan fingerprint density at radius 3 is 2.47 bits per heavy atom. The third kappa shape index (κ3) is 3.22. The molecule has 0 aliphatic rings. The molecule has 0 fully saturated rings. The van der Waals surface area contributed by atoms with Crippen LogP contribution in [0.3, 0.4) is 0 Å². The number of carbonyl (C=O) groups is 1. The number of hydrogen-bond donors (Lipinski definition) is 2. The average Bonchev–Trinajstić information content (AvgIpc) is 2.21. The lowest BCUT2D eigenvalue weighted by molar-refractivity contribution is -0.111. The lowest BCUT2D eigenvalue weighted by atomic mass is 10.3. The van der Waals surface area contributed by atoms with Crippen LogP contribution in [0, 0.1) is 0 Å². The Hall–Kier alpha value is -2.17. The van der Waals surface area contributed by atoms with Crippen LogP contribution in [0.5, 0.6) is 0 Å². The van der Waals surface area contributed by atoms with Crippen molar-refractivity contribution in [1.82, 2.24) is 0 Å². The molecule has 0 unspecified atom stereocenters. The smallest absolute Gasteiger partial charge is 0.183 e. The topological polar surface area (TPSA) is 88.0 Å². The Morgan fingerprint density at radius 2 is 2.00 bits per heavy atom. The summed E-state index contributed by atoms with van der Waals surface area (Å²) in [5.41, 5.74) is 6.66. The molecule has 0 radical (unpaired) electrons. The fourth-order valence-electron chi connectivity index (χ4n) is 0.883. The first-order valence-electron chi connectivity index (χ1n) is 4.26. The molecule has 1 aromatic rings. The van der Waals surface area contributed by atoms with Crippen molar-refractivity contribution in [2.45, 2.75) is 6.92 Å². The van der Waals surface area contributed by atoms with E-state index in [0.717, 1.165) is 0 Å². The predicted octanol–water partition coefficient (Wildman–Crippen LogP) is 1.39. The van der Waals surface area contributed by atoms with Gasteiger partial charge in [0.05, 0.1) is 11.9 Å². The summed E-state index contributed by atoms with van der Waals surface area (Å²) in [6.07, 6.45) is 1.20. The van der Waals surface area contributed by atoms with E-state index in [1.54, 1.807) is 24.3 Å². The van der Waals surface area contributed by atoms with Crippen LogP contribution in [0.15, 0.2) is 34.4 Å². The van der Waals surface area contributed by atoms with Crippen LogP contribution in [0.1, 0.15) is 6.92 Å². The summed E-state index contributed by atoms with van der Waals surface area (Å²) in [6.45, 7) is 1.30. The van der Waals surface area contributed by atoms with Gasteiger partial charge in [-0.1, -0.05) is 5.16 Å². The largest absolute Gasteiger partial charge is 0.410 e. The molecule has 15 heavy (non-hydrogen) atoms. The summed E-state index contributed by atoms with van der Waals surface area (Å²) >= 11 is 0. The number of rotatable bonds is 3. The normalized spacial score (nSPS) is 11.9. The molecule has 0 amide bonds. The minimum atomic E-state index is -0.350. The minimum absolute atomic E-state index is 0.0909. The zero-order chi connectivity index (χ0) is 11.3. The highest BCUT2D eigenvalue weighted by Gasteiger charge is 2.01. The second-order valence-electron chi connectivity index (χ2n) is 2.89. The van der Waals surface area contributed by atoms with Gasteiger partial charge in [0.1, 0.15) is 0 Å². The molecule has 5 heteroatoms. The van der Waals surface area contributed by atoms with Gasteiger partial charge in [0.15, 0.2) is 11.5 Å². The van der Waals surface area contributed by atoms with Crippen molar-refractivity contribution in [2.75, 3.05) is 5.73 Å². The van der Waals surface area contributed by atoms with Crippen LogP contribution in [0.4, 0.5) is 11.4 Å². The van der Waals surface area contributed by atoms with Gasteiger partial charge in [-0.15, -0.1) is 0 Å². The zero-order valence-electron chi connectivity index (χ0n) is 8.21. The number of nitrogens with zero attached hydrogens (tertiary/aromatic N) is 2. The fourth-order valence-corrected chi connectivity index (χ4v) is 0.883. The van der Waals surface area contributed by atoms with E-state index in [2.05, 4.69) is 10.1 Å². The van der Waals surface area contributed by atoms with Crippen LogP contribution >= 0.6 is 0 Å². The maximum absolute atomic E-state index is 10.8. The summed E-state index contributed by atoms with van der Waals surface area (Å²) in [6, 6.07) is 6.77. The van der Waals surface area contributed by atoms with Crippen molar-refractivity contribution in [3.05, 3.63) is 24.3 Å². The van der Waals surface area contributed by atoms with E-state index in [1.165, 1.54) is 13.1 Å². The molecule has 0 aromatic heterocycles. The molecule has 1 rings (SSSR count). The molecule has 0 spiro atoms. The summed E-state index contributed by atoms with van der Waals surface area (Å²) in [7, 11) is 0. The van der Waals surface area contributed by atoms with E-state index in [-0.39, 0.29) is 11.5 Å². The standard InChI is InChI=1S/C10H11N3O2/c1-7(14)10(13-15)6-12-9-4-2-8(11)3-5-9/h2-6,15H,11H2,1H3. The van der Waals surface area contributed by atoms with Crippen molar-refractivity contribution >= 4 is 29.1 Å². The highest BCUT2D eigenvalue weighted by molar-refractivity contribution is 6.60. The Balaban J connectivity index is 2.81. The second kappa shape index (κ2) is 4.90. The second-order valence-corrected chi connectivity index (χ2v) is 2.89. The molecule has 0 aliphatic heterocycles. The Bertz CT molecular complexity index is 407. The van der Waals surface area contributed by atoms with Gasteiger partial charge in [0.25, 0.3) is 0 Å². The number of carbonyl (C=O) groups excluding carboxylic acids is 1. The van der Waals surface area contributed by atoms with Gasteiger partial charge in [-0.3, -0.25) is 9.79 Å². The van der Waals surface area contributed by atoms with E-state index in [1.807, 2.05) is 0 Å². The first-order valence-corrected chi connectivity index (χ1v) is 4.26. The van der Waals surface area contributed by atoms with Crippen LogP contribution in [-0.4, -0.2) is 22.9 Å². The molecule has 3 N–H and O–H groups in total. The van der Waals surface area contributed by atoms with Crippen LogP contribution < -0.4 is 5.73 Å². The number of hydrogen-bond acceptors (Lipinski definition) is 5. The molecular formula is C10H11N3O2. The number of aliphatic imine (C=N–C) groups is 1. The van der Waals surface area contributed by atoms with E-state index < -0.39 is 0 Å². The van der Waals surface area contributed by atoms with Crippen LogP contribution in [0.25, 0.3) is 0 Å². The summed E-state index contributed by atoms with van der Waals surface area (Å²) in [5, 5.41) is 11.3. The summed E-state index contributed by atoms with van der Waals surface area (Å²) < 4.78 is 0. The van der Waals surface area contributed by atoms with Crippen molar-refractivity contribution in [3.63, 3.8) is 0 Å². The van der Waals surface area contributed by atoms with Gasteiger partial charge in [-0.2, -0.15) is 0 Å². The minimum Gasteiger partial charge on any atom is -0.410 e. The lowest BCUT2D eigenvalue weighted by Crippen LogP contribution is -2.10. The molecule has 5 nitrogen and oxygen atoms in total. The molecule has 0 aliphatic carbocycles. The zero-order valence-corrected chi connectivity index (χ0v) is 8.21. The third-order valence-electron chi connectivity index (χ3n) is 1.70. The predicted molar refractivity (Wildman–Crippen MR) is 58.9 cm³/mol. The van der Waals surface area contributed by atoms with Gasteiger partial charge in [0.2, 0.25) is 0 Å². The number of anilines is 1. The van der Waals surface area contributed by atoms with Crippen molar-refractivity contribution in [1.29, 1.82) is 0 Å². The number of ketones is 1. The van der Waals surface area contributed by atoms with E-state index in [0.29, 0.717) is 11.4 Å². The molecule has 78 valence electrons. The number of oxime groups is 1. The van der Waals surface area contributed by atoms with E-state index in [4.69, 9.17) is 10.9 Å². The summed E-state index contributed by atoms with van der Waals surface area (Å²) in [5.74, 6) is -0.350. The monoisotopic (exact) mass is 205 g/mol. The Kier molecular flexibility index (Phi) is 3.56. The fraction of sp³-hybridized carbons (Fsp3) is 0.100. The quantitative estimate of drug-likeness (QED) is 0.338. The van der Waals surface area contributed by atoms with Crippen LogP contribution in [0.2, 0.25) is 0 Å². The molecular weight excluding hydrogens is 194 g/mol. The first kappa shape index (κ1) is 10.9. The van der Waals surface area contributed by atoms with Crippen molar-refractivity contribution in [3.8, 4) is 0 Å². The van der Waals surface area contributed by atoms with Gasteiger partial charge in [-0.25, -0.2) is 0 Å². The van der Waals surface area contributed by atoms with Gasteiger partial charge < -0.3 is 10.9 Å². The molecule has 1 aromatic carbocycles. The number of benzene rings is 1. The van der Waals surface area contributed by atoms with Gasteiger partial charge in [0, 0.05) is 12.6 Å². The maximum atomic E-state index is 10.8. The highest BCUT2D eigenvalue weighted by Crippen LogP contribution is 2.13. The Labute approximate surface area is 86.9 Å². The number of nitrogens with two attached hydrogens (primary N) is 1. The highest BCUT2D eigenvalue weighted by atomic mass is 16.4. The van der Waals surface area contributed by atoms with E-state index >= 15 is 0 Å². The molecule has 0 heterocycles. The maximum Gasteiger partial charge on any atom is 0.183 e. The average molecular weight is 205 g/mol. The lowest BCUT2D eigenvalue weighted by Gasteiger charge is -1.94. The van der Waals surface area contributed by atoms with E-state index in [9.17, 15) is 4.79 Å². The molecule has 0 saturated heterocycles. The SMILES string of the molecule is CC(=O)C(C=Nc1ccc(N)cc1)=NO. The van der Waals surface area contributed by atoms with Crippen molar-refractivity contribution in [2.24, 2.45) is 10.1 Å². The van der Waals surface area contributed by atoms with Gasteiger partial charge in [-0.05, 0) is 24.3 Å². The first-order chi connectivity index (χ1) is 7.13.